The molecule has 3 aliphatic carbocycles. The molecule has 0 radical (unpaired) electrons. The second kappa shape index (κ2) is 28.9. The molecule has 2 bridgehead atoms. The molecule has 18 heteroatoms. The van der Waals surface area contributed by atoms with Crippen molar-refractivity contribution in [3.8, 4) is 0 Å². The van der Waals surface area contributed by atoms with Gasteiger partial charge in [0.1, 0.15) is 42.2 Å². The molecule has 462 valence electrons. The van der Waals surface area contributed by atoms with E-state index in [2.05, 4.69) is 24.4 Å². The van der Waals surface area contributed by atoms with Gasteiger partial charge in [-0.15, -0.1) is 0 Å². The number of aliphatic hydroxyl groups excluding tert-OH is 1. The lowest BCUT2D eigenvalue weighted by atomic mass is 9.44. The summed E-state index contributed by atoms with van der Waals surface area (Å²) >= 11 is 0. The minimum atomic E-state index is -2.45. The van der Waals surface area contributed by atoms with Crippen LogP contribution in [0.2, 0.25) is 0 Å². The molecule has 3 aromatic rings. The molecule has 0 spiro atoms. The summed E-state index contributed by atoms with van der Waals surface area (Å²) in [5.41, 5.74) is -7.56. The number of ketones is 1. The molecule has 4 N–H and O–H groups in total. The number of amides is 1. The lowest BCUT2D eigenvalue weighted by Crippen LogP contribution is -2.81. The molecule has 18 nitrogen and oxygen atoms in total. The third kappa shape index (κ3) is 14.6. The summed E-state index contributed by atoms with van der Waals surface area (Å²) in [6, 6.07) is 22.8. The van der Waals surface area contributed by atoms with Crippen LogP contribution in [0.4, 0.5) is 4.79 Å². The van der Waals surface area contributed by atoms with E-state index in [1.165, 1.54) is 64.5 Å². The molecule has 13 atom stereocenters. The molecule has 2 saturated heterocycles. The Kier molecular flexibility index (Phi) is 22.0. The number of hydrogen-bond donors (Lipinski definition) is 4. The SMILES string of the molecule is CCCCCCCC/C=C\CCCCCCCC1OC[C@@H](COC(=O)O[C@@H](C(=O)O[C@H]2C[C@@]3(O)[C@@H](OC(=O)c4ccccc4)[C@@H]4[C@]5(O)CO[C@@H]5C[C@H](O)[C@@]4(C)C(=O)[C@H](OC(C)=O)C(=C2C)C3(C)C)[C@@H](NC(=O)c2ccccc2)c2ccccc2)O1. The van der Waals surface area contributed by atoms with E-state index in [1.807, 2.05) is 0 Å². The van der Waals surface area contributed by atoms with Crippen molar-refractivity contribution in [2.75, 3.05) is 19.8 Å². The van der Waals surface area contributed by atoms with Gasteiger partial charge in [-0.2, -0.15) is 0 Å². The van der Waals surface area contributed by atoms with Gasteiger partial charge in [0, 0.05) is 36.7 Å². The minimum Gasteiger partial charge on any atom is -0.455 e. The predicted molar refractivity (Wildman–Crippen MR) is 312 cm³/mol. The van der Waals surface area contributed by atoms with Gasteiger partial charge in [-0.25, -0.2) is 14.4 Å². The standard InChI is InChI=1S/C67H87NO17/c1-7-8-9-10-11-12-13-14-15-16-17-18-19-20-30-37-52-78-40-48(82-52)41-79-63(75)84-56(54(45-31-24-21-25-32-45)68-60(72)46-33-26-22-27-34-46)62(74)83-49-39-67(77)59(85-61(73)47-35-28-23-29-36-47)57-65(6,50(70)38-51-66(57,76)42-80-51)58(71)55(81-44(3)69)53(43(49)2)64(67,4)5/h14-15,21-29,31-36,48-52,54-57,59,70,76-77H,7-13,16-20,30,37-42H2,1-6H3,(H,68,72)/b15-14-/t48-,49-,50-,51+,52?,54-,55+,56+,57-,59-,65+,66-,67+/m0/s1. The topological polar surface area (TPSA) is 249 Å². The Morgan fingerprint density at radius 2 is 1.36 bits per heavy atom. The van der Waals surface area contributed by atoms with Gasteiger partial charge in [0.25, 0.3) is 5.91 Å². The number of carbonyl (C=O) groups excluding carboxylic acids is 6. The van der Waals surface area contributed by atoms with Gasteiger partial charge in [-0.3, -0.25) is 14.4 Å². The van der Waals surface area contributed by atoms with Crippen LogP contribution in [-0.4, -0.2) is 131 Å². The Morgan fingerprint density at radius 3 is 1.98 bits per heavy atom. The number of carbonyl (C=O) groups is 6. The summed E-state index contributed by atoms with van der Waals surface area (Å²) < 4.78 is 48.1. The van der Waals surface area contributed by atoms with E-state index in [9.17, 15) is 34.5 Å². The molecular weight excluding hydrogens is 1090 g/mol. The molecule has 8 rings (SSSR count). The Hall–Kier alpha value is -6.28. The van der Waals surface area contributed by atoms with E-state index in [0.29, 0.717) is 12.0 Å². The number of rotatable bonds is 27. The number of esters is 3. The molecule has 3 aromatic carbocycles. The number of allylic oxidation sites excluding steroid dienone is 2. The maximum absolute atomic E-state index is 15.6. The predicted octanol–water partition coefficient (Wildman–Crippen LogP) is 10.1. The molecule has 4 fully saturated rings. The van der Waals surface area contributed by atoms with Crippen LogP contribution in [0.15, 0.2) is 114 Å². The Balaban J connectivity index is 1.04. The number of ether oxygens (including phenoxy) is 8. The van der Waals surface area contributed by atoms with Crippen molar-refractivity contribution in [3.05, 3.63) is 131 Å². The average molecular weight is 1180 g/mol. The molecular formula is C67H87NO17. The fourth-order valence-corrected chi connectivity index (χ4v) is 13.3. The molecule has 2 aliphatic heterocycles. The van der Waals surface area contributed by atoms with Crippen molar-refractivity contribution in [1.29, 1.82) is 0 Å². The fourth-order valence-electron chi connectivity index (χ4n) is 13.3. The van der Waals surface area contributed by atoms with Crippen molar-refractivity contribution in [3.63, 3.8) is 0 Å². The smallest absolute Gasteiger partial charge is 0.455 e. The molecule has 2 saturated carbocycles. The van der Waals surface area contributed by atoms with E-state index in [1.54, 1.807) is 92.7 Å². The zero-order valence-corrected chi connectivity index (χ0v) is 50.1. The van der Waals surface area contributed by atoms with Crippen molar-refractivity contribution in [2.24, 2.45) is 16.7 Å². The van der Waals surface area contributed by atoms with Gasteiger partial charge in [0.15, 0.2) is 18.2 Å². The van der Waals surface area contributed by atoms with E-state index >= 15 is 9.59 Å². The van der Waals surface area contributed by atoms with Crippen LogP contribution in [-0.2, 0) is 52.3 Å². The number of aliphatic hydroxyl groups is 3. The number of Topliss-reactive ketones (excluding diaryl/α,β-unsaturated/α-hetero) is 1. The second-order valence-corrected chi connectivity index (χ2v) is 24.3. The van der Waals surface area contributed by atoms with Gasteiger partial charge in [0.2, 0.25) is 6.10 Å². The van der Waals surface area contributed by atoms with Gasteiger partial charge in [-0.05, 0) is 93.3 Å². The lowest BCUT2D eigenvalue weighted by Gasteiger charge is -2.66. The molecule has 85 heavy (non-hydrogen) atoms. The number of nitrogens with one attached hydrogen (secondary N) is 1. The highest BCUT2D eigenvalue weighted by molar-refractivity contribution is 5.96. The lowest BCUT2D eigenvalue weighted by molar-refractivity contribution is -0.343. The number of hydrogen-bond acceptors (Lipinski definition) is 17. The van der Waals surface area contributed by atoms with Gasteiger partial charge >= 0.3 is 24.1 Å². The number of unbranched alkanes of at least 4 members (excludes halogenated alkanes) is 11. The maximum Gasteiger partial charge on any atom is 0.509 e. The van der Waals surface area contributed by atoms with E-state index in [-0.39, 0.29) is 48.5 Å². The highest BCUT2D eigenvalue weighted by atomic mass is 16.8. The zero-order valence-electron chi connectivity index (χ0n) is 50.1. The van der Waals surface area contributed by atoms with Crippen LogP contribution in [0.25, 0.3) is 0 Å². The van der Waals surface area contributed by atoms with Crippen molar-refractivity contribution >= 4 is 35.8 Å². The number of fused-ring (bicyclic) bond motifs is 5. The molecule has 0 aromatic heterocycles. The summed E-state index contributed by atoms with van der Waals surface area (Å²) in [6.45, 7) is 8.80. The average Bonchev–Trinajstić information content (AvgIpc) is 0.862. The highest BCUT2D eigenvalue weighted by Crippen LogP contribution is 2.63. The molecule has 5 aliphatic rings. The molecule has 1 amide bonds. The summed E-state index contributed by atoms with van der Waals surface area (Å²) in [5, 5.41) is 41.6. The summed E-state index contributed by atoms with van der Waals surface area (Å²) in [7, 11) is 0. The van der Waals surface area contributed by atoms with Gasteiger partial charge < -0.3 is 58.5 Å². The quantitative estimate of drug-likeness (QED) is 0.0240. The van der Waals surface area contributed by atoms with Gasteiger partial charge in [-0.1, -0.05) is 151 Å². The Morgan fingerprint density at radius 1 is 0.765 bits per heavy atom. The molecule has 1 unspecified atom stereocenters. The first-order valence-electron chi connectivity index (χ1n) is 30.5. The van der Waals surface area contributed by atoms with Crippen LogP contribution in [0.1, 0.15) is 177 Å². The summed E-state index contributed by atoms with van der Waals surface area (Å²) in [6.07, 6.45) is 7.30. The largest absolute Gasteiger partial charge is 0.509 e. The van der Waals surface area contributed by atoms with E-state index in [0.717, 1.165) is 51.9 Å². The normalized spacial score (nSPS) is 29.2. The third-order valence-corrected chi connectivity index (χ3v) is 18.3. The first-order chi connectivity index (χ1) is 40.7. The van der Waals surface area contributed by atoms with Crippen LogP contribution >= 0.6 is 0 Å². The maximum atomic E-state index is 15.6. The zero-order chi connectivity index (χ0) is 60.9. The van der Waals surface area contributed by atoms with Crippen molar-refractivity contribution < 1.29 is 82.0 Å². The Bertz CT molecular complexity index is 2820. The van der Waals surface area contributed by atoms with E-state index < -0.39 is 125 Å². The summed E-state index contributed by atoms with van der Waals surface area (Å²) in [4.78, 5) is 86.8. The van der Waals surface area contributed by atoms with Crippen molar-refractivity contribution in [2.45, 2.75) is 211 Å². The van der Waals surface area contributed by atoms with Crippen molar-refractivity contribution in [1.82, 2.24) is 5.32 Å². The monoisotopic (exact) mass is 1180 g/mol. The van der Waals surface area contributed by atoms with Crippen LogP contribution in [0.3, 0.4) is 0 Å². The Labute approximate surface area is 499 Å². The first-order valence-corrected chi connectivity index (χ1v) is 30.5. The number of benzene rings is 3. The van der Waals surface area contributed by atoms with E-state index in [4.69, 9.17) is 37.9 Å². The second-order valence-electron chi connectivity index (χ2n) is 24.3. The van der Waals surface area contributed by atoms with Gasteiger partial charge in [0.05, 0.1) is 36.4 Å². The highest BCUT2D eigenvalue weighted by Gasteiger charge is 2.77. The minimum absolute atomic E-state index is 0.0333. The van der Waals surface area contributed by atoms with Crippen LogP contribution in [0.5, 0.6) is 0 Å². The molecule has 2 heterocycles. The van der Waals surface area contributed by atoms with Crippen LogP contribution < -0.4 is 5.32 Å². The first kappa shape index (κ1) is 64.7. The fraction of sp³-hybridized carbons (Fsp3) is 0.582. The third-order valence-electron chi connectivity index (χ3n) is 18.3. The van der Waals surface area contributed by atoms with Crippen LogP contribution in [0, 0.1) is 16.7 Å². The summed E-state index contributed by atoms with van der Waals surface area (Å²) in [5.74, 6) is -6.25.